The van der Waals surface area contributed by atoms with Gasteiger partial charge in [0.1, 0.15) is 5.75 Å². The van der Waals surface area contributed by atoms with Crippen LogP contribution in [-0.2, 0) is 0 Å². The fourth-order valence-electron chi connectivity index (χ4n) is 1.72. The van der Waals surface area contributed by atoms with Crippen molar-refractivity contribution < 1.29 is 10.0 Å². The van der Waals surface area contributed by atoms with Crippen LogP contribution in [0.4, 0.5) is 5.69 Å². The molecule has 5 nitrogen and oxygen atoms in total. The zero-order chi connectivity index (χ0) is 12.8. The van der Waals surface area contributed by atoms with Crippen LogP contribution in [0.3, 0.4) is 0 Å². The molecule has 0 bridgehead atoms. The summed E-state index contributed by atoms with van der Waals surface area (Å²) in [6, 6.07) is 3.61. The van der Waals surface area contributed by atoms with Gasteiger partial charge in [0.2, 0.25) is 0 Å². The van der Waals surface area contributed by atoms with Gasteiger partial charge >= 0.3 is 0 Å². The predicted octanol–water partition coefficient (Wildman–Crippen LogP) is 3.30. The van der Waals surface area contributed by atoms with E-state index < -0.39 is 4.92 Å². The number of phenolic OH excluding ortho intramolecular Hbond substituents is 1. The first kappa shape index (κ1) is 16.7. The molecule has 6 heteroatoms. The van der Waals surface area contributed by atoms with Crippen LogP contribution in [0.2, 0.25) is 0 Å². The lowest BCUT2D eigenvalue weighted by Crippen LogP contribution is -2.10. The highest BCUT2D eigenvalue weighted by molar-refractivity contribution is 5.85. The highest BCUT2D eigenvalue weighted by Gasteiger charge is 2.15. The van der Waals surface area contributed by atoms with E-state index in [0.29, 0.717) is 5.56 Å². The number of aromatic hydroxyl groups is 1. The van der Waals surface area contributed by atoms with E-state index in [-0.39, 0.29) is 29.9 Å². The quantitative estimate of drug-likeness (QED) is 0.473. The molecule has 0 saturated heterocycles. The minimum Gasteiger partial charge on any atom is -0.508 e. The lowest BCUT2D eigenvalue weighted by molar-refractivity contribution is -0.385. The largest absolute Gasteiger partial charge is 0.508 e. The summed E-state index contributed by atoms with van der Waals surface area (Å²) in [4.78, 5) is 10.1. The summed E-state index contributed by atoms with van der Waals surface area (Å²) < 4.78 is 0. The Morgan fingerprint density at radius 3 is 2.67 bits per heavy atom. The average Bonchev–Trinajstić information content (AvgIpc) is 2.29. The Balaban J connectivity index is 0.00000289. The molecule has 1 aromatic rings. The Morgan fingerprint density at radius 2 is 2.11 bits per heavy atom. The number of halogens is 1. The van der Waals surface area contributed by atoms with Crippen LogP contribution in [-0.4, -0.2) is 10.0 Å². The lowest BCUT2D eigenvalue weighted by Gasteiger charge is -2.13. The number of nitro groups is 1. The molecule has 1 aromatic carbocycles. The molecule has 3 N–H and O–H groups in total. The van der Waals surface area contributed by atoms with Crippen molar-refractivity contribution in [1.82, 2.24) is 0 Å². The van der Waals surface area contributed by atoms with Gasteiger partial charge < -0.3 is 10.8 Å². The van der Waals surface area contributed by atoms with Crippen molar-refractivity contribution in [2.24, 2.45) is 5.73 Å². The first-order valence-electron chi connectivity index (χ1n) is 5.79. The van der Waals surface area contributed by atoms with Crippen molar-refractivity contribution in [2.75, 3.05) is 0 Å². The third-order valence-electron chi connectivity index (χ3n) is 2.74. The van der Waals surface area contributed by atoms with Crippen LogP contribution in [0.25, 0.3) is 0 Å². The van der Waals surface area contributed by atoms with Crippen molar-refractivity contribution in [3.63, 3.8) is 0 Å². The average molecular weight is 275 g/mol. The molecule has 1 rings (SSSR count). The summed E-state index contributed by atoms with van der Waals surface area (Å²) >= 11 is 0. The number of nitrogens with two attached hydrogens (primary N) is 1. The Kier molecular flexibility index (Phi) is 7.31. The van der Waals surface area contributed by atoms with Crippen LogP contribution in [0.5, 0.6) is 5.75 Å². The van der Waals surface area contributed by atoms with E-state index in [0.717, 1.165) is 25.7 Å². The molecule has 0 heterocycles. The Bertz CT molecular complexity index is 399. The van der Waals surface area contributed by atoms with Crippen LogP contribution in [0.15, 0.2) is 18.2 Å². The standard InChI is InChI=1S/C12H18N2O3.ClH/c1-2-3-4-5-11(13)10-8-9(14(16)17)6-7-12(10)15;/h6-8,11,15H,2-5,13H2,1H3;1H/t11-;/m1./s1. The Labute approximate surface area is 113 Å². The molecular formula is C12H19ClN2O3. The molecule has 0 saturated carbocycles. The second kappa shape index (κ2) is 7.89. The summed E-state index contributed by atoms with van der Waals surface area (Å²) in [7, 11) is 0. The van der Waals surface area contributed by atoms with Gasteiger partial charge in [0.05, 0.1) is 4.92 Å². The highest BCUT2D eigenvalue weighted by atomic mass is 35.5. The maximum absolute atomic E-state index is 10.6. The summed E-state index contributed by atoms with van der Waals surface area (Å²) in [5.74, 6) is 0.0274. The molecule has 0 unspecified atom stereocenters. The zero-order valence-electron chi connectivity index (χ0n) is 10.3. The number of hydrogen-bond donors (Lipinski definition) is 2. The summed E-state index contributed by atoms with van der Waals surface area (Å²) in [5.41, 5.74) is 6.34. The summed E-state index contributed by atoms with van der Waals surface area (Å²) in [6.07, 6.45) is 3.85. The minimum atomic E-state index is -0.484. The highest BCUT2D eigenvalue weighted by Crippen LogP contribution is 2.29. The van der Waals surface area contributed by atoms with E-state index in [1.54, 1.807) is 0 Å². The predicted molar refractivity (Wildman–Crippen MR) is 73.1 cm³/mol. The second-order valence-electron chi connectivity index (χ2n) is 4.10. The molecule has 102 valence electrons. The number of benzene rings is 1. The second-order valence-corrected chi connectivity index (χ2v) is 4.10. The molecule has 0 aliphatic heterocycles. The monoisotopic (exact) mass is 274 g/mol. The Morgan fingerprint density at radius 1 is 1.44 bits per heavy atom. The Hall–Kier alpha value is -1.33. The van der Waals surface area contributed by atoms with Gasteiger partial charge in [0.15, 0.2) is 0 Å². The van der Waals surface area contributed by atoms with Gasteiger partial charge in [0, 0.05) is 23.7 Å². The van der Waals surface area contributed by atoms with Gasteiger partial charge in [-0.25, -0.2) is 0 Å². The molecule has 0 aliphatic rings. The molecule has 18 heavy (non-hydrogen) atoms. The van der Waals surface area contributed by atoms with Gasteiger partial charge in [-0.05, 0) is 12.5 Å². The van der Waals surface area contributed by atoms with E-state index in [9.17, 15) is 15.2 Å². The van der Waals surface area contributed by atoms with Crippen LogP contribution in [0, 0.1) is 10.1 Å². The number of nitrogens with zero attached hydrogens (tertiary/aromatic N) is 1. The van der Waals surface area contributed by atoms with Gasteiger partial charge in [-0.1, -0.05) is 26.2 Å². The smallest absolute Gasteiger partial charge is 0.270 e. The van der Waals surface area contributed by atoms with Crippen molar-refractivity contribution in [3.8, 4) is 5.75 Å². The number of rotatable bonds is 6. The van der Waals surface area contributed by atoms with Crippen molar-refractivity contribution >= 4 is 18.1 Å². The number of hydrogen-bond acceptors (Lipinski definition) is 4. The van der Waals surface area contributed by atoms with Crippen LogP contribution in [0.1, 0.15) is 44.2 Å². The van der Waals surface area contributed by atoms with Gasteiger partial charge in [0.25, 0.3) is 5.69 Å². The van der Waals surface area contributed by atoms with E-state index in [2.05, 4.69) is 6.92 Å². The van der Waals surface area contributed by atoms with E-state index in [1.807, 2.05) is 0 Å². The molecule has 0 radical (unpaired) electrons. The normalized spacial score (nSPS) is 11.7. The van der Waals surface area contributed by atoms with Crippen LogP contribution < -0.4 is 5.73 Å². The third kappa shape index (κ3) is 4.50. The van der Waals surface area contributed by atoms with E-state index >= 15 is 0 Å². The minimum absolute atomic E-state index is 0. The SMILES string of the molecule is CCCCC[C@@H](N)c1cc([N+](=O)[O-])ccc1O.Cl. The van der Waals surface area contributed by atoms with Crippen molar-refractivity contribution in [2.45, 2.75) is 38.6 Å². The fraction of sp³-hybridized carbons (Fsp3) is 0.500. The molecule has 1 atom stereocenters. The molecule has 0 amide bonds. The topological polar surface area (TPSA) is 89.4 Å². The van der Waals surface area contributed by atoms with Crippen LogP contribution >= 0.6 is 12.4 Å². The number of phenols is 1. The summed E-state index contributed by atoms with van der Waals surface area (Å²) in [6.45, 7) is 2.09. The maximum Gasteiger partial charge on any atom is 0.270 e. The van der Waals surface area contributed by atoms with Gasteiger partial charge in [-0.3, -0.25) is 10.1 Å². The van der Waals surface area contributed by atoms with Crippen molar-refractivity contribution in [3.05, 3.63) is 33.9 Å². The molecular weight excluding hydrogens is 256 g/mol. The van der Waals surface area contributed by atoms with Gasteiger partial charge in [-0.15, -0.1) is 12.4 Å². The molecule has 0 aliphatic carbocycles. The molecule has 0 aromatic heterocycles. The lowest BCUT2D eigenvalue weighted by atomic mass is 10.00. The van der Waals surface area contributed by atoms with E-state index in [4.69, 9.17) is 5.73 Å². The van der Waals surface area contributed by atoms with E-state index in [1.165, 1.54) is 18.2 Å². The number of nitro benzene ring substituents is 1. The first-order chi connectivity index (χ1) is 8.06. The summed E-state index contributed by atoms with van der Waals surface area (Å²) in [5, 5.41) is 20.3. The fourth-order valence-corrected chi connectivity index (χ4v) is 1.72. The zero-order valence-corrected chi connectivity index (χ0v) is 11.2. The number of non-ortho nitro benzene ring substituents is 1. The van der Waals surface area contributed by atoms with Gasteiger partial charge in [-0.2, -0.15) is 0 Å². The number of unbranched alkanes of at least 4 members (excludes halogenated alkanes) is 2. The third-order valence-corrected chi connectivity index (χ3v) is 2.74. The first-order valence-corrected chi connectivity index (χ1v) is 5.79. The molecule has 0 spiro atoms. The maximum atomic E-state index is 10.6. The van der Waals surface area contributed by atoms with Crippen molar-refractivity contribution in [1.29, 1.82) is 0 Å². The molecule has 0 fully saturated rings.